The molecule has 13 heavy (non-hydrogen) atoms. The van der Waals surface area contributed by atoms with Gasteiger partial charge in [0.2, 0.25) is 0 Å². The summed E-state index contributed by atoms with van der Waals surface area (Å²) in [5.74, 6) is 0.0797. The third kappa shape index (κ3) is 2.30. The molecule has 0 saturated carbocycles. The monoisotopic (exact) mass is 219 g/mol. The maximum atomic E-state index is 10.8. The Morgan fingerprint density at radius 2 is 2.08 bits per heavy atom. The predicted octanol–water partition coefficient (Wildman–Crippen LogP) is 1.50. The van der Waals surface area contributed by atoms with Crippen molar-refractivity contribution in [2.45, 2.75) is 9.79 Å². The lowest BCUT2D eigenvalue weighted by atomic mass is 10.3. The van der Waals surface area contributed by atoms with Crippen molar-refractivity contribution < 1.29 is 17.7 Å². The molecule has 0 bridgehead atoms. The van der Waals surface area contributed by atoms with Crippen LogP contribution in [0.3, 0.4) is 0 Å². The Morgan fingerprint density at radius 1 is 1.46 bits per heavy atom. The van der Waals surface area contributed by atoms with Crippen molar-refractivity contribution in [3.63, 3.8) is 0 Å². The fraction of sp³-hybridized carbons (Fsp3) is 0.143. The highest BCUT2D eigenvalue weighted by Crippen LogP contribution is 2.25. The zero-order chi connectivity index (χ0) is 10.1. The molecule has 1 N–H and O–H groups in total. The van der Waals surface area contributed by atoms with Crippen LogP contribution < -0.4 is 4.74 Å². The minimum absolute atomic E-state index is 0.0797. The third-order valence-corrected chi connectivity index (χ3v) is 2.54. The highest BCUT2D eigenvalue weighted by atomic mass is 32.2. The van der Waals surface area contributed by atoms with Crippen LogP contribution in [0.2, 0.25) is 0 Å². The quantitative estimate of drug-likeness (QED) is 0.765. The molecule has 0 aliphatic heterocycles. The van der Waals surface area contributed by atoms with Gasteiger partial charge >= 0.3 is 0 Å². The van der Waals surface area contributed by atoms with Crippen LogP contribution in [-0.2, 0) is 10.1 Å². The number of rotatable bonds is 2. The molecule has 0 heterocycles. The number of methoxy groups -OCH3 is 1. The summed E-state index contributed by atoms with van der Waals surface area (Å²) in [6, 6.07) is 4.08. The van der Waals surface area contributed by atoms with E-state index >= 15 is 0 Å². The number of hydrogen-bond donors (Lipinski definition) is 1. The molecule has 0 spiro atoms. The lowest BCUT2D eigenvalue weighted by Gasteiger charge is -2.05. The Balaban J connectivity index is 3.41. The van der Waals surface area contributed by atoms with Gasteiger partial charge in [0.05, 0.1) is 7.11 Å². The first-order valence-corrected chi connectivity index (χ1v) is 5.12. The lowest BCUT2D eigenvalue weighted by molar-refractivity contribution is 0.397. The molecular formula is C7H7O4S2. The lowest BCUT2D eigenvalue weighted by Crippen LogP contribution is -2.01. The largest absolute Gasteiger partial charge is 0.495 e. The first-order chi connectivity index (χ1) is 5.95. The molecule has 0 aliphatic rings. The van der Waals surface area contributed by atoms with Gasteiger partial charge in [-0.15, -0.1) is 0 Å². The third-order valence-electron chi connectivity index (χ3n) is 1.41. The molecule has 0 saturated heterocycles. The molecule has 0 aliphatic carbocycles. The Kier molecular flexibility index (Phi) is 2.74. The summed E-state index contributed by atoms with van der Waals surface area (Å²) in [6.45, 7) is 0. The van der Waals surface area contributed by atoms with Crippen LogP contribution in [0.1, 0.15) is 0 Å². The van der Waals surface area contributed by atoms with E-state index in [-0.39, 0.29) is 10.6 Å². The van der Waals surface area contributed by atoms with E-state index in [1.54, 1.807) is 0 Å². The molecule has 0 fully saturated rings. The van der Waals surface area contributed by atoms with Crippen LogP contribution in [0, 0.1) is 0 Å². The van der Waals surface area contributed by atoms with E-state index in [0.717, 1.165) is 0 Å². The first-order valence-electron chi connectivity index (χ1n) is 3.27. The maximum absolute atomic E-state index is 10.8. The van der Waals surface area contributed by atoms with Gasteiger partial charge < -0.3 is 4.74 Å². The highest BCUT2D eigenvalue weighted by Gasteiger charge is 2.16. The summed E-state index contributed by atoms with van der Waals surface area (Å²) in [5.41, 5.74) is 0. The first kappa shape index (κ1) is 10.2. The van der Waals surface area contributed by atoms with Crippen molar-refractivity contribution in [2.24, 2.45) is 0 Å². The fourth-order valence-corrected chi connectivity index (χ4v) is 1.80. The molecule has 0 atom stereocenters. The van der Waals surface area contributed by atoms with E-state index in [1.165, 1.54) is 25.3 Å². The number of hydrogen-bond acceptors (Lipinski definition) is 3. The van der Waals surface area contributed by atoms with Crippen molar-refractivity contribution in [2.75, 3.05) is 7.11 Å². The summed E-state index contributed by atoms with van der Waals surface area (Å²) in [7, 11) is -2.95. The van der Waals surface area contributed by atoms with Gasteiger partial charge in [-0.2, -0.15) is 8.42 Å². The molecule has 0 aromatic heterocycles. The van der Waals surface area contributed by atoms with Crippen molar-refractivity contribution in [3.8, 4) is 5.75 Å². The fourth-order valence-electron chi connectivity index (χ4n) is 0.859. The Morgan fingerprint density at radius 3 is 2.54 bits per heavy atom. The van der Waals surface area contributed by atoms with Gasteiger partial charge in [-0.05, 0) is 18.2 Å². The highest BCUT2D eigenvalue weighted by molar-refractivity contribution is 7.86. The molecule has 1 radical (unpaired) electrons. The summed E-state index contributed by atoms with van der Waals surface area (Å²) in [5, 5.41) is 0. The number of ether oxygens (including phenoxy) is 1. The van der Waals surface area contributed by atoms with Crippen molar-refractivity contribution in [1.29, 1.82) is 0 Å². The molecule has 6 heteroatoms. The van der Waals surface area contributed by atoms with Crippen LogP contribution >= 0.6 is 12.6 Å². The van der Waals surface area contributed by atoms with Gasteiger partial charge in [0.15, 0.2) is 0 Å². The van der Waals surface area contributed by atoms with Gasteiger partial charge in [0.25, 0.3) is 10.1 Å². The SMILES string of the molecule is COc1ccc([S])cc1S(=O)(=O)O. The number of benzene rings is 1. The van der Waals surface area contributed by atoms with E-state index in [4.69, 9.17) is 21.9 Å². The Bertz CT molecular complexity index is 411. The van der Waals surface area contributed by atoms with Crippen LogP contribution in [-0.4, -0.2) is 20.1 Å². The average Bonchev–Trinajstić information content (AvgIpc) is 2.03. The van der Waals surface area contributed by atoms with Crippen molar-refractivity contribution in [1.82, 2.24) is 0 Å². The van der Waals surface area contributed by atoms with Gasteiger partial charge in [-0.3, -0.25) is 4.55 Å². The second-order valence-corrected chi connectivity index (χ2v) is 4.15. The normalized spacial score (nSPS) is 11.2. The summed E-state index contributed by atoms with van der Waals surface area (Å²) in [4.78, 5) is 0.0240. The van der Waals surface area contributed by atoms with E-state index in [9.17, 15) is 8.42 Å². The second kappa shape index (κ2) is 3.49. The van der Waals surface area contributed by atoms with E-state index in [1.807, 2.05) is 0 Å². The van der Waals surface area contributed by atoms with E-state index < -0.39 is 10.1 Å². The Labute approximate surface area is 81.7 Å². The Hall–Kier alpha value is -0.850. The van der Waals surface area contributed by atoms with Gasteiger partial charge in [0.1, 0.15) is 10.6 Å². The minimum Gasteiger partial charge on any atom is -0.495 e. The van der Waals surface area contributed by atoms with Gasteiger partial charge in [-0.1, -0.05) is 12.6 Å². The van der Waals surface area contributed by atoms with Crippen LogP contribution in [0.15, 0.2) is 28.0 Å². The zero-order valence-corrected chi connectivity index (χ0v) is 8.35. The maximum Gasteiger partial charge on any atom is 0.298 e. The summed E-state index contributed by atoms with van der Waals surface area (Å²) >= 11 is 4.74. The van der Waals surface area contributed by atoms with E-state index in [2.05, 4.69) is 0 Å². The van der Waals surface area contributed by atoms with Crippen molar-refractivity contribution >= 4 is 22.7 Å². The minimum atomic E-state index is -4.26. The van der Waals surface area contributed by atoms with Crippen LogP contribution in [0.5, 0.6) is 5.75 Å². The smallest absolute Gasteiger partial charge is 0.298 e. The summed E-state index contributed by atoms with van der Waals surface area (Å²) < 4.78 is 35.1. The van der Waals surface area contributed by atoms with Crippen LogP contribution in [0.4, 0.5) is 0 Å². The zero-order valence-electron chi connectivity index (χ0n) is 6.72. The van der Waals surface area contributed by atoms with Gasteiger partial charge in [-0.25, -0.2) is 0 Å². The van der Waals surface area contributed by atoms with Crippen LogP contribution in [0.25, 0.3) is 0 Å². The molecule has 1 rings (SSSR count). The average molecular weight is 219 g/mol. The molecule has 0 amide bonds. The standard InChI is InChI=1S/C7H7O4S2/c1-11-6-3-2-5(12)4-7(6)13(8,9)10/h2-4H,1H3,(H,8,9,10). The molecule has 1 aromatic carbocycles. The summed E-state index contributed by atoms with van der Waals surface area (Å²) in [6.07, 6.45) is 0. The van der Waals surface area contributed by atoms with Crippen molar-refractivity contribution in [3.05, 3.63) is 18.2 Å². The molecule has 1 aromatic rings. The predicted molar refractivity (Wildman–Crippen MR) is 48.7 cm³/mol. The topological polar surface area (TPSA) is 63.6 Å². The second-order valence-electron chi connectivity index (χ2n) is 2.29. The molecule has 0 unspecified atom stereocenters. The van der Waals surface area contributed by atoms with Gasteiger partial charge in [0, 0.05) is 4.90 Å². The molecule has 4 nitrogen and oxygen atoms in total. The molecule has 71 valence electrons. The molecular weight excluding hydrogens is 212 g/mol. The van der Waals surface area contributed by atoms with E-state index in [0.29, 0.717) is 4.90 Å².